The number of hydrogen-bond donors (Lipinski definition) is 1. The number of anilines is 1. The van der Waals surface area contributed by atoms with Crippen molar-refractivity contribution in [2.75, 3.05) is 5.32 Å². The zero-order valence-electron chi connectivity index (χ0n) is 7.63. The van der Waals surface area contributed by atoms with Gasteiger partial charge in [-0.2, -0.15) is 0 Å². The highest BCUT2D eigenvalue weighted by atomic mass is 16.1. The van der Waals surface area contributed by atoms with Crippen LogP contribution in [0.5, 0.6) is 0 Å². The minimum Gasteiger partial charge on any atom is -0.326 e. The lowest BCUT2D eigenvalue weighted by atomic mass is 10.2. The SMILES string of the molecule is [2H]C(=O)c1ccc(NC(C)=O)cc1. The number of amides is 1. The van der Waals surface area contributed by atoms with Gasteiger partial charge in [0.2, 0.25) is 5.91 Å². The Balaban J connectivity index is 2.81. The smallest absolute Gasteiger partial charge is 0.221 e. The first-order chi connectivity index (χ1) is 6.09. The fraction of sp³-hybridized carbons (Fsp3) is 0.111. The third kappa shape index (κ3) is 2.20. The lowest BCUT2D eigenvalue weighted by Crippen LogP contribution is -2.05. The van der Waals surface area contributed by atoms with Crippen LogP contribution in [0.3, 0.4) is 0 Å². The van der Waals surface area contributed by atoms with Gasteiger partial charge in [-0.05, 0) is 24.3 Å². The number of rotatable bonds is 2. The predicted molar refractivity (Wildman–Crippen MR) is 46.1 cm³/mol. The monoisotopic (exact) mass is 164 g/mol. The maximum Gasteiger partial charge on any atom is 0.221 e. The Hall–Kier alpha value is -1.64. The Bertz CT molecular complexity index is 332. The average molecular weight is 164 g/mol. The number of nitrogens with one attached hydrogen (secondary N) is 1. The van der Waals surface area contributed by atoms with Gasteiger partial charge >= 0.3 is 0 Å². The van der Waals surface area contributed by atoms with Crippen molar-refractivity contribution in [3.8, 4) is 0 Å². The summed E-state index contributed by atoms with van der Waals surface area (Å²) in [6, 6.07) is 6.17. The second-order valence-electron chi connectivity index (χ2n) is 2.36. The number of benzene rings is 1. The molecule has 0 aliphatic rings. The van der Waals surface area contributed by atoms with Crippen LogP contribution in [0.4, 0.5) is 5.69 Å². The third-order valence-electron chi connectivity index (χ3n) is 1.32. The number of hydrogen-bond acceptors (Lipinski definition) is 2. The Morgan fingerprint density at radius 1 is 1.50 bits per heavy atom. The Morgan fingerprint density at radius 2 is 2.08 bits per heavy atom. The van der Waals surface area contributed by atoms with Gasteiger partial charge in [0.1, 0.15) is 7.63 Å². The summed E-state index contributed by atoms with van der Waals surface area (Å²) in [5, 5.41) is 2.56. The van der Waals surface area contributed by atoms with Crippen molar-refractivity contribution in [2.24, 2.45) is 0 Å². The van der Waals surface area contributed by atoms with Gasteiger partial charge in [-0.1, -0.05) is 0 Å². The molecule has 0 spiro atoms. The van der Waals surface area contributed by atoms with Crippen LogP contribution in [0, 0.1) is 0 Å². The van der Waals surface area contributed by atoms with Crippen LogP contribution in [-0.2, 0) is 4.79 Å². The molecule has 0 atom stereocenters. The molecule has 0 bridgehead atoms. The van der Waals surface area contributed by atoms with E-state index in [0.717, 1.165) is 0 Å². The molecule has 0 radical (unpaired) electrons. The van der Waals surface area contributed by atoms with Gasteiger partial charge in [-0.25, -0.2) is 0 Å². The molecule has 0 saturated heterocycles. The van der Waals surface area contributed by atoms with Crippen molar-refractivity contribution >= 4 is 17.9 Å². The molecule has 62 valence electrons. The van der Waals surface area contributed by atoms with Gasteiger partial charge in [0, 0.05) is 18.2 Å². The van der Waals surface area contributed by atoms with Crippen LogP contribution in [0.2, 0.25) is 0 Å². The summed E-state index contributed by atoms with van der Waals surface area (Å²) in [7, 11) is 0. The standard InChI is InChI=1S/C9H9NO2/c1-7(12)10-9-4-2-8(6-11)3-5-9/h2-6H,1H3,(H,10,12)/i6D. The molecular weight excluding hydrogens is 154 g/mol. The molecule has 1 rings (SSSR count). The molecule has 12 heavy (non-hydrogen) atoms. The molecule has 1 N–H and O–H groups in total. The number of carbonyl (C=O) groups is 2. The summed E-state index contributed by atoms with van der Waals surface area (Å²) in [5.41, 5.74) is 0.937. The number of aldehydes is 1. The van der Waals surface area contributed by atoms with E-state index in [1.165, 1.54) is 19.1 Å². The van der Waals surface area contributed by atoms with Crippen LogP contribution in [0.15, 0.2) is 24.3 Å². The van der Waals surface area contributed by atoms with Crippen LogP contribution in [0.25, 0.3) is 0 Å². The first kappa shape index (κ1) is 7.03. The zero-order valence-corrected chi connectivity index (χ0v) is 6.63. The van der Waals surface area contributed by atoms with E-state index < -0.39 is 6.26 Å². The lowest BCUT2D eigenvalue weighted by Gasteiger charge is -2.00. The van der Waals surface area contributed by atoms with Gasteiger partial charge in [0.15, 0.2) is 0 Å². The van der Waals surface area contributed by atoms with E-state index in [1.54, 1.807) is 12.1 Å². The third-order valence-corrected chi connectivity index (χ3v) is 1.32. The summed E-state index contributed by atoms with van der Waals surface area (Å²) in [4.78, 5) is 21.2. The van der Waals surface area contributed by atoms with Gasteiger partial charge in [-0.3, -0.25) is 9.59 Å². The van der Waals surface area contributed by atoms with Crippen LogP contribution >= 0.6 is 0 Å². The lowest BCUT2D eigenvalue weighted by molar-refractivity contribution is -0.114. The van der Waals surface area contributed by atoms with Gasteiger partial charge in [-0.15, -0.1) is 0 Å². The minimum absolute atomic E-state index is 0.162. The Labute approximate surface area is 71.8 Å². The fourth-order valence-corrected chi connectivity index (χ4v) is 0.825. The topological polar surface area (TPSA) is 46.2 Å². The van der Waals surface area contributed by atoms with Gasteiger partial charge < -0.3 is 5.32 Å². The fourth-order valence-electron chi connectivity index (χ4n) is 0.825. The van der Waals surface area contributed by atoms with E-state index in [2.05, 4.69) is 5.32 Å². The molecular formula is C9H9NO2. The molecule has 0 aliphatic carbocycles. The normalized spacial score (nSPS) is 10.2. The summed E-state index contributed by atoms with van der Waals surface area (Å²) in [6.45, 7) is 1.41. The summed E-state index contributed by atoms with van der Waals surface area (Å²) < 4.78 is 6.80. The molecule has 0 aliphatic heterocycles. The van der Waals surface area contributed by atoms with E-state index in [9.17, 15) is 9.59 Å². The molecule has 0 unspecified atom stereocenters. The van der Waals surface area contributed by atoms with E-state index in [4.69, 9.17) is 1.37 Å². The van der Waals surface area contributed by atoms with E-state index in [0.29, 0.717) is 11.3 Å². The molecule has 0 saturated carbocycles. The van der Waals surface area contributed by atoms with E-state index in [1.807, 2.05) is 0 Å². The largest absolute Gasteiger partial charge is 0.326 e. The second-order valence-corrected chi connectivity index (χ2v) is 2.36. The molecule has 3 heteroatoms. The first-order valence-electron chi connectivity index (χ1n) is 3.98. The molecule has 3 nitrogen and oxygen atoms in total. The zero-order chi connectivity index (χ0) is 9.84. The molecule has 0 fully saturated rings. The van der Waals surface area contributed by atoms with Crippen molar-refractivity contribution in [3.63, 3.8) is 0 Å². The number of carbonyl (C=O) groups excluding carboxylic acids is 2. The van der Waals surface area contributed by atoms with Gasteiger partial charge in [0.05, 0.1) is 0 Å². The Kier molecular flexibility index (Phi) is 2.15. The van der Waals surface area contributed by atoms with Crippen molar-refractivity contribution < 1.29 is 11.0 Å². The molecule has 1 aromatic carbocycles. The molecule has 1 amide bonds. The molecule has 1 aromatic rings. The van der Waals surface area contributed by atoms with Crippen molar-refractivity contribution in [1.82, 2.24) is 0 Å². The maximum absolute atomic E-state index is 10.6. The van der Waals surface area contributed by atoms with Crippen LogP contribution in [0.1, 0.15) is 18.7 Å². The molecule has 0 heterocycles. The van der Waals surface area contributed by atoms with Crippen LogP contribution in [-0.4, -0.2) is 12.2 Å². The van der Waals surface area contributed by atoms with E-state index in [-0.39, 0.29) is 5.91 Å². The van der Waals surface area contributed by atoms with Crippen LogP contribution < -0.4 is 5.32 Å². The quantitative estimate of drug-likeness (QED) is 0.672. The summed E-state index contributed by atoms with van der Waals surface area (Å²) in [6.07, 6.45) is -0.727. The molecule has 0 aromatic heterocycles. The highest BCUT2D eigenvalue weighted by molar-refractivity contribution is 5.89. The maximum atomic E-state index is 10.6. The highest BCUT2D eigenvalue weighted by Crippen LogP contribution is 2.07. The summed E-state index contributed by atoms with van der Waals surface area (Å²) >= 11 is 0. The van der Waals surface area contributed by atoms with Crippen molar-refractivity contribution in [2.45, 2.75) is 6.92 Å². The van der Waals surface area contributed by atoms with Gasteiger partial charge in [0.25, 0.3) is 0 Å². The van der Waals surface area contributed by atoms with E-state index >= 15 is 0 Å². The second kappa shape index (κ2) is 3.67. The highest BCUT2D eigenvalue weighted by Gasteiger charge is 1.94. The van der Waals surface area contributed by atoms with Crippen molar-refractivity contribution in [3.05, 3.63) is 29.8 Å². The first-order valence-corrected chi connectivity index (χ1v) is 3.48. The minimum atomic E-state index is -0.727. The summed E-state index contributed by atoms with van der Waals surface area (Å²) in [5.74, 6) is -0.162. The predicted octanol–water partition coefficient (Wildman–Crippen LogP) is 1.46. The average Bonchev–Trinajstić information content (AvgIpc) is 2.04. The van der Waals surface area contributed by atoms with Crippen molar-refractivity contribution in [1.29, 1.82) is 0 Å². The Morgan fingerprint density at radius 3 is 2.50 bits per heavy atom.